The minimum atomic E-state index is -0.0349. The summed E-state index contributed by atoms with van der Waals surface area (Å²) in [6.45, 7) is 5.80. The fourth-order valence-electron chi connectivity index (χ4n) is 6.73. The average molecular weight is 300 g/mol. The van der Waals surface area contributed by atoms with Gasteiger partial charge >= 0.3 is 0 Å². The van der Waals surface area contributed by atoms with Crippen molar-refractivity contribution in [3.05, 3.63) is 11.6 Å². The largest absolute Gasteiger partial charge is 0.370 e. The van der Waals surface area contributed by atoms with E-state index < -0.39 is 0 Å². The molecule has 0 bridgehead atoms. The fraction of sp³-hybridized carbons (Fsp3) is 0.850. The van der Waals surface area contributed by atoms with E-state index in [1.54, 1.807) is 5.57 Å². The summed E-state index contributed by atoms with van der Waals surface area (Å²) in [6, 6.07) is 0. The lowest BCUT2D eigenvalue weighted by Crippen LogP contribution is -2.49. The SMILES string of the molecule is C[C@]12CCC3(CO3)C[C@H]1CC[C@@H]1C2=CC[C@]2(C)C(=O)CC[C@@H]12. The smallest absolute Gasteiger partial charge is 0.139 e. The van der Waals surface area contributed by atoms with Crippen molar-refractivity contribution in [1.29, 1.82) is 0 Å². The Kier molecular flexibility index (Phi) is 2.54. The molecule has 2 nitrogen and oxygen atoms in total. The van der Waals surface area contributed by atoms with Gasteiger partial charge < -0.3 is 4.74 Å². The standard InChI is InChI=1S/C20H28O2/c1-18-9-10-20(12-22-20)11-13(18)3-4-14-15-5-6-17(21)19(15,2)8-7-16(14)18/h7,13-15H,3-6,8-12H2,1-2H3/t13-,14+,15+,18+,19+,20?/m1/s1. The van der Waals surface area contributed by atoms with Crippen LogP contribution in [0.5, 0.6) is 0 Å². The van der Waals surface area contributed by atoms with Crippen LogP contribution in [0.15, 0.2) is 11.6 Å². The normalized spacial score (nSPS) is 56.2. The van der Waals surface area contributed by atoms with Gasteiger partial charge in [-0.25, -0.2) is 0 Å². The van der Waals surface area contributed by atoms with E-state index in [1.807, 2.05) is 0 Å². The molecule has 5 rings (SSSR count). The van der Waals surface area contributed by atoms with Crippen molar-refractivity contribution >= 4 is 5.78 Å². The number of carbonyl (C=O) groups is 1. The van der Waals surface area contributed by atoms with Crippen molar-refractivity contribution in [2.24, 2.45) is 28.6 Å². The van der Waals surface area contributed by atoms with E-state index in [0.717, 1.165) is 31.8 Å². The predicted octanol–water partition coefficient (Wildman–Crippen LogP) is 4.29. The molecule has 0 aromatic rings. The van der Waals surface area contributed by atoms with Gasteiger partial charge in [-0.3, -0.25) is 4.79 Å². The van der Waals surface area contributed by atoms with Crippen LogP contribution in [0.4, 0.5) is 0 Å². The molecule has 1 saturated heterocycles. The Morgan fingerprint density at radius 3 is 2.73 bits per heavy atom. The number of ether oxygens (including phenoxy) is 1. The highest BCUT2D eigenvalue weighted by Gasteiger charge is 2.60. The maximum absolute atomic E-state index is 12.4. The molecule has 3 saturated carbocycles. The molecule has 4 aliphatic carbocycles. The van der Waals surface area contributed by atoms with Crippen molar-refractivity contribution in [1.82, 2.24) is 0 Å². The summed E-state index contributed by atoms with van der Waals surface area (Å²) in [5, 5.41) is 0. The number of rotatable bonds is 0. The predicted molar refractivity (Wildman–Crippen MR) is 85.4 cm³/mol. The molecule has 2 heteroatoms. The van der Waals surface area contributed by atoms with Gasteiger partial charge in [0.2, 0.25) is 0 Å². The topological polar surface area (TPSA) is 29.6 Å². The maximum Gasteiger partial charge on any atom is 0.139 e. The molecule has 1 aliphatic heterocycles. The van der Waals surface area contributed by atoms with Crippen LogP contribution >= 0.6 is 0 Å². The minimum Gasteiger partial charge on any atom is -0.370 e. The molecule has 6 atom stereocenters. The molecule has 120 valence electrons. The maximum atomic E-state index is 12.4. The summed E-state index contributed by atoms with van der Waals surface area (Å²) in [4.78, 5) is 12.4. The van der Waals surface area contributed by atoms with Gasteiger partial charge in [-0.1, -0.05) is 25.5 Å². The van der Waals surface area contributed by atoms with E-state index in [-0.39, 0.29) is 11.0 Å². The third kappa shape index (κ3) is 1.58. The van der Waals surface area contributed by atoms with Gasteiger partial charge in [0.1, 0.15) is 5.78 Å². The first-order chi connectivity index (χ1) is 10.5. The second-order valence-electron chi connectivity index (χ2n) is 9.32. The molecule has 0 amide bonds. The van der Waals surface area contributed by atoms with Crippen molar-refractivity contribution in [3.63, 3.8) is 0 Å². The lowest BCUT2D eigenvalue weighted by atomic mass is 9.48. The molecule has 0 radical (unpaired) electrons. The van der Waals surface area contributed by atoms with Gasteiger partial charge in [0.05, 0.1) is 12.2 Å². The molecule has 22 heavy (non-hydrogen) atoms. The van der Waals surface area contributed by atoms with E-state index in [1.165, 1.54) is 32.1 Å². The van der Waals surface area contributed by atoms with E-state index >= 15 is 0 Å². The zero-order valence-electron chi connectivity index (χ0n) is 14.0. The van der Waals surface area contributed by atoms with Gasteiger partial charge in [-0.15, -0.1) is 0 Å². The molecule has 0 aromatic heterocycles. The van der Waals surface area contributed by atoms with Crippen LogP contribution in [0.2, 0.25) is 0 Å². The van der Waals surface area contributed by atoms with Gasteiger partial charge in [-0.2, -0.15) is 0 Å². The molecule has 0 aromatic carbocycles. The van der Waals surface area contributed by atoms with Gasteiger partial charge in [0.25, 0.3) is 0 Å². The second-order valence-corrected chi connectivity index (χ2v) is 9.32. The Morgan fingerprint density at radius 2 is 1.95 bits per heavy atom. The lowest BCUT2D eigenvalue weighted by molar-refractivity contribution is -0.127. The molecule has 1 spiro atoms. The summed E-state index contributed by atoms with van der Waals surface area (Å²) in [5.41, 5.74) is 2.39. The molecule has 5 aliphatic rings. The van der Waals surface area contributed by atoms with Crippen LogP contribution in [0.25, 0.3) is 0 Å². The van der Waals surface area contributed by atoms with Crippen molar-refractivity contribution < 1.29 is 9.53 Å². The van der Waals surface area contributed by atoms with Crippen LogP contribution in [0, 0.1) is 28.6 Å². The number of epoxide rings is 1. The number of carbonyl (C=O) groups excluding carboxylic acids is 1. The number of fused-ring (bicyclic) bond motifs is 5. The first-order valence-corrected chi connectivity index (χ1v) is 9.35. The van der Waals surface area contributed by atoms with Crippen molar-refractivity contribution in [2.45, 2.75) is 70.8 Å². The number of allylic oxidation sites excluding steroid dienone is 2. The van der Waals surface area contributed by atoms with Gasteiger partial charge in [0.15, 0.2) is 0 Å². The molecular formula is C20H28O2. The highest BCUT2D eigenvalue weighted by molar-refractivity contribution is 5.87. The van der Waals surface area contributed by atoms with Crippen LogP contribution in [0.3, 0.4) is 0 Å². The number of ketones is 1. The number of Topliss-reactive ketones (excluding diaryl/α,β-unsaturated/α-hetero) is 1. The van der Waals surface area contributed by atoms with Crippen LogP contribution in [0.1, 0.15) is 65.2 Å². The fourth-order valence-corrected chi connectivity index (χ4v) is 6.73. The molecule has 1 unspecified atom stereocenters. The summed E-state index contributed by atoms with van der Waals surface area (Å²) >= 11 is 0. The Labute approximate surface area is 133 Å². The van der Waals surface area contributed by atoms with E-state index in [2.05, 4.69) is 19.9 Å². The Hall–Kier alpha value is -0.630. The van der Waals surface area contributed by atoms with Crippen molar-refractivity contribution in [3.8, 4) is 0 Å². The molecule has 4 fully saturated rings. The van der Waals surface area contributed by atoms with Crippen LogP contribution in [-0.2, 0) is 9.53 Å². The highest BCUT2D eigenvalue weighted by Crippen LogP contribution is 2.65. The average Bonchev–Trinajstić information content (AvgIpc) is 3.19. The Bertz CT molecular complexity index is 572. The first-order valence-electron chi connectivity index (χ1n) is 9.35. The third-order valence-corrected chi connectivity index (χ3v) is 8.43. The van der Waals surface area contributed by atoms with E-state index in [9.17, 15) is 4.79 Å². The lowest BCUT2D eigenvalue weighted by Gasteiger charge is -2.56. The molecular weight excluding hydrogens is 272 g/mol. The third-order valence-electron chi connectivity index (χ3n) is 8.43. The van der Waals surface area contributed by atoms with Crippen molar-refractivity contribution in [2.75, 3.05) is 6.61 Å². The van der Waals surface area contributed by atoms with Crippen LogP contribution in [-0.4, -0.2) is 18.0 Å². The number of hydrogen-bond donors (Lipinski definition) is 0. The monoisotopic (exact) mass is 300 g/mol. The van der Waals surface area contributed by atoms with Gasteiger partial charge in [0, 0.05) is 11.8 Å². The Morgan fingerprint density at radius 1 is 1.14 bits per heavy atom. The van der Waals surface area contributed by atoms with Gasteiger partial charge in [-0.05, 0) is 68.1 Å². The molecule has 0 N–H and O–H groups in total. The summed E-state index contributed by atoms with van der Waals surface area (Å²) in [5.74, 6) is 2.67. The Balaban J connectivity index is 1.51. The summed E-state index contributed by atoms with van der Waals surface area (Å²) in [6.07, 6.45) is 12.0. The quantitative estimate of drug-likeness (QED) is 0.493. The minimum absolute atomic E-state index is 0.0349. The summed E-state index contributed by atoms with van der Waals surface area (Å²) in [7, 11) is 0. The zero-order chi connectivity index (χ0) is 15.2. The summed E-state index contributed by atoms with van der Waals surface area (Å²) < 4.78 is 5.80. The van der Waals surface area contributed by atoms with Crippen LogP contribution < -0.4 is 0 Å². The number of hydrogen-bond acceptors (Lipinski definition) is 2. The second kappa shape index (κ2) is 4.06. The highest BCUT2D eigenvalue weighted by atomic mass is 16.6. The first kappa shape index (κ1) is 13.8. The van der Waals surface area contributed by atoms with E-state index in [4.69, 9.17) is 4.74 Å². The van der Waals surface area contributed by atoms with E-state index in [0.29, 0.717) is 23.0 Å². The zero-order valence-corrected chi connectivity index (χ0v) is 14.0. The molecule has 1 heterocycles.